The second kappa shape index (κ2) is 11.0. The van der Waals surface area contributed by atoms with E-state index in [0.717, 1.165) is 11.1 Å². The number of aromatic hydroxyl groups is 1. The minimum absolute atomic E-state index is 0.0256. The zero-order valence-corrected chi connectivity index (χ0v) is 21.5. The van der Waals surface area contributed by atoms with Gasteiger partial charge in [-0.2, -0.15) is 0 Å². The van der Waals surface area contributed by atoms with Crippen LogP contribution in [0.25, 0.3) is 0 Å². The van der Waals surface area contributed by atoms with Gasteiger partial charge in [0, 0.05) is 44.5 Å². The van der Waals surface area contributed by atoms with Crippen molar-refractivity contribution in [3.05, 3.63) is 77.5 Å². The van der Waals surface area contributed by atoms with Crippen molar-refractivity contribution in [1.29, 1.82) is 0 Å². The largest absolute Gasteiger partial charge is 0.508 e. The van der Waals surface area contributed by atoms with Crippen molar-refractivity contribution in [2.45, 2.75) is 39.7 Å². The van der Waals surface area contributed by atoms with Gasteiger partial charge in [-0.1, -0.05) is 45.0 Å². The van der Waals surface area contributed by atoms with Gasteiger partial charge in [-0.05, 0) is 48.2 Å². The minimum Gasteiger partial charge on any atom is -0.508 e. The molecule has 2 heterocycles. The van der Waals surface area contributed by atoms with Crippen LogP contribution in [0.15, 0.2) is 60.8 Å². The first-order valence-corrected chi connectivity index (χ1v) is 12.4. The van der Waals surface area contributed by atoms with E-state index in [-0.39, 0.29) is 23.0 Å². The molecule has 0 fully saturated rings. The van der Waals surface area contributed by atoms with Gasteiger partial charge in [-0.3, -0.25) is 9.69 Å². The Morgan fingerprint density at radius 3 is 2.53 bits per heavy atom. The molecule has 0 unspecified atom stereocenters. The third-order valence-electron chi connectivity index (χ3n) is 6.42. The van der Waals surface area contributed by atoms with Gasteiger partial charge in [-0.15, -0.1) is 0 Å². The predicted molar refractivity (Wildman–Crippen MR) is 140 cm³/mol. The number of rotatable bonds is 3. The van der Waals surface area contributed by atoms with Crippen LogP contribution in [-0.2, 0) is 12.0 Å². The summed E-state index contributed by atoms with van der Waals surface area (Å²) < 4.78 is 12.2. The molecule has 1 amide bonds. The molecule has 0 bridgehead atoms. The van der Waals surface area contributed by atoms with E-state index < -0.39 is 0 Å². The molecule has 7 heteroatoms. The molecule has 36 heavy (non-hydrogen) atoms. The lowest BCUT2D eigenvalue weighted by molar-refractivity contribution is 0.0736. The van der Waals surface area contributed by atoms with Crippen molar-refractivity contribution >= 4 is 5.91 Å². The molecular weight excluding hydrogens is 454 g/mol. The summed E-state index contributed by atoms with van der Waals surface area (Å²) in [4.78, 5) is 21.8. The number of benzene rings is 2. The number of hydrogen-bond acceptors (Lipinski definition) is 6. The third kappa shape index (κ3) is 5.97. The van der Waals surface area contributed by atoms with E-state index in [4.69, 9.17) is 9.47 Å². The SMILES string of the molecule is CCN1CCN(Cc2cc(C(C)(C)C)ccc2O)CCOc2ccccc2Oc2ncccc2C1=O. The second-order valence-electron chi connectivity index (χ2n) is 10.0. The van der Waals surface area contributed by atoms with Crippen molar-refractivity contribution in [2.75, 3.05) is 32.8 Å². The number of hydrogen-bond donors (Lipinski definition) is 1. The molecule has 0 saturated carbocycles. The maximum atomic E-state index is 13.5. The quantitative estimate of drug-likeness (QED) is 0.543. The first-order valence-electron chi connectivity index (χ1n) is 12.4. The van der Waals surface area contributed by atoms with Crippen molar-refractivity contribution in [3.8, 4) is 23.1 Å². The number of pyridine rings is 1. The highest BCUT2D eigenvalue weighted by Crippen LogP contribution is 2.33. The monoisotopic (exact) mass is 489 g/mol. The summed E-state index contributed by atoms with van der Waals surface area (Å²) in [5, 5.41) is 10.6. The van der Waals surface area contributed by atoms with E-state index in [1.54, 1.807) is 29.3 Å². The Kier molecular flexibility index (Phi) is 7.79. The predicted octanol–water partition coefficient (Wildman–Crippen LogP) is 5.23. The fourth-order valence-corrected chi connectivity index (χ4v) is 4.20. The highest BCUT2D eigenvalue weighted by atomic mass is 16.5. The highest BCUT2D eigenvalue weighted by Gasteiger charge is 2.23. The van der Waals surface area contributed by atoms with Gasteiger partial charge in [-0.25, -0.2) is 4.98 Å². The van der Waals surface area contributed by atoms with Crippen LogP contribution in [0.2, 0.25) is 0 Å². The number of amides is 1. The Hall–Kier alpha value is -3.58. The van der Waals surface area contributed by atoms with Gasteiger partial charge in [0.1, 0.15) is 17.9 Å². The number of para-hydroxylation sites is 2. The fraction of sp³-hybridized carbons (Fsp3) is 0.379. The van der Waals surface area contributed by atoms with Crippen LogP contribution in [0, 0.1) is 0 Å². The summed E-state index contributed by atoms with van der Waals surface area (Å²) in [7, 11) is 0. The molecule has 7 nitrogen and oxygen atoms in total. The Morgan fingerprint density at radius 2 is 1.78 bits per heavy atom. The zero-order valence-electron chi connectivity index (χ0n) is 21.5. The van der Waals surface area contributed by atoms with Crippen molar-refractivity contribution in [1.82, 2.24) is 14.8 Å². The Balaban J connectivity index is 1.65. The molecule has 1 aromatic heterocycles. The van der Waals surface area contributed by atoms with E-state index in [2.05, 4.69) is 36.7 Å². The lowest BCUT2D eigenvalue weighted by Crippen LogP contribution is -2.39. The zero-order chi connectivity index (χ0) is 25.7. The topological polar surface area (TPSA) is 75.1 Å². The molecule has 190 valence electrons. The molecule has 0 saturated heterocycles. The lowest BCUT2D eigenvalue weighted by Gasteiger charge is -2.28. The number of phenolic OH excluding ortho intramolecular Hbond substituents is 1. The van der Waals surface area contributed by atoms with Crippen LogP contribution in [0.5, 0.6) is 23.1 Å². The average Bonchev–Trinajstić information content (AvgIpc) is 2.86. The second-order valence-corrected chi connectivity index (χ2v) is 10.0. The number of ether oxygens (including phenoxy) is 2. The Morgan fingerprint density at radius 1 is 1.00 bits per heavy atom. The number of carbonyl (C=O) groups is 1. The van der Waals surface area contributed by atoms with Crippen molar-refractivity contribution in [2.24, 2.45) is 0 Å². The van der Waals surface area contributed by atoms with Crippen LogP contribution >= 0.6 is 0 Å². The molecule has 0 spiro atoms. The molecule has 1 N–H and O–H groups in total. The number of nitrogens with zero attached hydrogens (tertiary/aromatic N) is 3. The van der Waals surface area contributed by atoms with E-state index in [9.17, 15) is 9.90 Å². The van der Waals surface area contributed by atoms with Gasteiger partial charge < -0.3 is 19.5 Å². The fourth-order valence-electron chi connectivity index (χ4n) is 4.20. The molecule has 0 atom stereocenters. The summed E-state index contributed by atoms with van der Waals surface area (Å²) in [5.41, 5.74) is 2.41. The first kappa shape index (κ1) is 25.5. The minimum atomic E-state index is -0.129. The van der Waals surface area contributed by atoms with Gasteiger partial charge in [0.05, 0.1) is 0 Å². The average molecular weight is 490 g/mol. The molecule has 0 aliphatic carbocycles. The van der Waals surface area contributed by atoms with Crippen molar-refractivity contribution in [3.63, 3.8) is 0 Å². The van der Waals surface area contributed by atoms with E-state index in [1.165, 1.54) is 0 Å². The van der Waals surface area contributed by atoms with E-state index in [0.29, 0.717) is 56.4 Å². The number of phenols is 1. The summed E-state index contributed by atoms with van der Waals surface area (Å²) in [6.45, 7) is 11.7. The molecule has 3 aromatic rings. The molecule has 1 aliphatic rings. The molecule has 0 radical (unpaired) electrons. The summed E-state index contributed by atoms with van der Waals surface area (Å²) in [6, 6.07) is 16.7. The summed E-state index contributed by atoms with van der Waals surface area (Å²) in [5.74, 6) is 1.50. The van der Waals surface area contributed by atoms with Crippen LogP contribution in [0.1, 0.15) is 49.2 Å². The van der Waals surface area contributed by atoms with Crippen LogP contribution in [0.3, 0.4) is 0 Å². The number of aromatic nitrogens is 1. The molecule has 1 aliphatic heterocycles. The third-order valence-corrected chi connectivity index (χ3v) is 6.42. The van der Waals surface area contributed by atoms with Gasteiger partial charge >= 0.3 is 0 Å². The molecular formula is C29H35N3O4. The maximum Gasteiger partial charge on any atom is 0.259 e. The van der Waals surface area contributed by atoms with Crippen molar-refractivity contribution < 1.29 is 19.4 Å². The summed E-state index contributed by atoms with van der Waals surface area (Å²) >= 11 is 0. The smallest absolute Gasteiger partial charge is 0.259 e. The standard InChI is InChI=1S/C29H35N3O4/c1-5-32-16-15-31(20-21-19-22(29(2,3)4)12-13-24(21)33)17-18-35-25-10-6-7-11-26(25)36-27-23(28(32)34)9-8-14-30-27/h6-14,19,33H,5,15-18,20H2,1-4H3. The van der Waals surface area contributed by atoms with Gasteiger partial charge in [0.15, 0.2) is 11.5 Å². The number of likely N-dealkylation sites (N-methyl/N-ethyl adjacent to an activating group) is 1. The summed E-state index contributed by atoms with van der Waals surface area (Å²) in [6.07, 6.45) is 1.61. The number of carbonyl (C=O) groups excluding carboxylic acids is 1. The normalized spacial score (nSPS) is 15.4. The van der Waals surface area contributed by atoms with Crippen LogP contribution in [-0.4, -0.2) is 58.6 Å². The molecule has 2 aromatic carbocycles. The van der Waals surface area contributed by atoms with Crippen LogP contribution < -0.4 is 9.47 Å². The first-order chi connectivity index (χ1) is 17.3. The van der Waals surface area contributed by atoms with Crippen LogP contribution in [0.4, 0.5) is 0 Å². The van der Waals surface area contributed by atoms with Gasteiger partial charge in [0.2, 0.25) is 5.88 Å². The maximum absolute atomic E-state index is 13.5. The number of fused-ring (bicyclic) bond motifs is 2. The van der Waals surface area contributed by atoms with Gasteiger partial charge in [0.25, 0.3) is 5.91 Å². The Labute approximate surface area is 213 Å². The highest BCUT2D eigenvalue weighted by molar-refractivity contribution is 5.96. The van der Waals surface area contributed by atoms with E-state index in [1.807, 2.05) is 37.3 Å². The lowest BCUT2D eigenvalue weighted by atomic mass is 9.86. The van der Waals surface area contributed by atoms with E-state index >= 15 is 0 Å². The molecule has 4 rings (SSSR count). The Bertz CT molecular complexity index is 1210.